The number of imide groups is 1. The van der Waals surface area contributed by atoms with Gasteiger partial charge in [-0.2, -0.15) is 0 Å². The second kappa shape index (κ2) is 5.64. The summed E-state index contributed by atoms with van der Waals surface area (Å²) in [5.74, 6) is -0.897. The molecule has 6 heteroatoms. The zero-order valence-corrected chi connectivity index (χ0v) is 14.5. The number of amides is 2. The quantitative estimate of drug-likeness (QED) is 0.362. The van der Waals surface area contributed by atoms with Crippen molar-refractivity contribution in [3.8, 4) is 5.75 Å². The number of carbonyl (C=O) groups is 3. The predicted octanol–water partition coefficient (Wildman–Crippen LogP) is 3.28. The molecule has 0 radical (unpaired) electrons. The summed E-state index contributed by atoms with van der Waals surface area (Å²) in [6, 6.07) is 10.2. The minimum atomic E-state index is -0.492. The molecule has 3 aliphatic rings. The summed E-state index contributed by atoms with van der Waals surface area (Å²) >= 11 is 1.28. The number of para-hydroxylation sites is 2. The van der Waals surface area contributed by atoms with Gasteiger partial charge in [0.05, 0.1) is 17.5 Å². The van der Waals surface area contributed by atoms with E-state index in [2.05, 4.69) is 12.2 Å². The van der Waals surface area contributed by atoms with Gasteiger partial charge in [0.25, 0.3) is 0 Å². The molecule has 0 unspecified atom stereocenters. The highest BCUT2D eigenvalue weighted by Gasteiger charge is 2.59. The Morgan fingerprint density at radius 1 is 1.00 bits per heavy atom. The fourth-order valence-corrected chi connectivity index (χ4v) is 5.01. The monoisotopic (exact) mass is 365 g/mol. The predicted molar refractivity (Wildman–Crippen MR) is 95.9 cm³/mol. The molecule has 2 aliphatic carbocycles. The number of thiophene rings is 1. The Balaban J connectivity index is 1.49. The number of rotatable bonds is 3. The Morgan fingerprint density at radius 2 is 1.69 bits per heavy atom. The van der Waals surface area contributed by atoms with Crippen LogP contribution in [0.2, 0.25) is 0 Å². The van der Waals surface area contributed by atoms with Gasteiger partial charge in [-0.05, 0) is 41.8 Å². The molecule has 26 heavy (non-hydrogen) atoms. The minimum Gasteiger partial charge on any atom is -0.420 e. The van der Waals surface area contributed by atoms with Crippen molar-refractivity contribution in [3.63, 3.8) is 0 Å². The van der Waals surface area contributed by atoms with Crippen molar-refractivity contribution in [1.82, 2.24) is 0 Å². The van der Waals surface area contributed by atoms with Crippen molar-refractivity contribution in [2.45, 2.75) is 6.42 Å². The average Bonchev–Trinajstić information content (AvgIpc) is 3.41. The van der Waals surface area contributed by atoms with Crippen LogP contribution < -0.4 is 9.64 Å². The summed E-state index contributed by atoms with van der Waals surface area (Å²) in [6.45, 7) is 0. The molecule has 5 nitrogen and oxygen atoms in total. The van der Waals surface area contributed by atoms with Gasteiger partial charge in [0, 0.05) is 0 Å². The highest BCUT2D eigenvalue weighted by molar-refractivity contribution is 7.12. The van der Waals surface area contributed by atoms with Crippen molar-refractivity contribution < 1.29 is 19.1 Å². The van der Waals surface area contributed by atoms with E-state index in [1.165, 1.54) is 16.2 Å². The number of anilines is 1. The summed E-state index contributed by atoms with van der Waals surface area (Å²) in [6.07, 6.45) is 5.00. The molecular formula is C20H15NO4S. The Hall–Kier alpha value is -2.73. The SMILES string of the molecule is O=C(Oc1ccccc1N1C(=O)[C@@H]2[C@@H](C1=O)[C@H]1C=C[C@@H]2C1)c1cccs1. The van der Waals surface area contributed by atoms with Crippen LogP contribution in [0.5, 0.6) is 5.75 Å². The van der Waals surface area contributed by atoms with Crippen molar-refractivity contribution in [3.05, 3.63) is 58.8 Å². The first-order chi connectivity index (χ1) is 12.6. The van der Waals surface area contributed by atoms with Gasteiger partial charge in [0.1, 0.15) is 4.88 Å². The third kappa shape index (κ3) is 2.12. The summed E-state index contributed by atoms with van der Waals surface area (Å²) in [5, 5.41) is 1.79. The number of allylic oxidation sites excluding steroid dienone is 2. The summed E-state index contributed by atoms with van der Waals surface area (Å²) < 4.78 is 5.50. The molecule has 5 rings (SSSR count). The van der Waals surface area contributed by atoms with Gasteiger partial charge in [-0.15, -0.1) is 11.3 Å². The molecule has 1 saturated heterocycles. The van der Waals surface area contributed by atoms with Crippen molar-refractivity contribution in [2.75, 3.05) is 4.90 Å². The van der Waals surface area contributed by atoms with Crippen molar-refractivity contribution in [1.29, 1.82) is 0 Å². The van der Waals surface area contributed by atoms with Crippen LogP contribution in [0.3, 0.4) is 0 Å². The molecule has 1 saturated carbocycles. The summed E-state index contributed by atoms with van der Waals surface area (Å²) in [4.78, 5) is 40.0. The topological polar surface area (TPSA) is 63.7 Å². The third-order valence-electron chi connectivity index (χ3n) is 5.50. The van der Waals surface area contributed by atoms with Gasteiger partial charge < -0.3 is 4.74 Å². The number of ether oxygens (including phenoxy) is 1. The van der Waals surface area contributed by atoms with Crippen LogP contribution in [0.1, 0.15) is 16.1 Å². The lowest BCUT2D eigenvalue weighted by Gasteiger charge is -2.19. The number of carbonyl (C=O) groups excluding carboxylic acids is 3. The maximum absolute atomic E-state index is 13.0. The van der Waals surface area contributed by atoms with Gasteiger partial charge in [-0.3, -0.25) is 9.59 Å². The van der Waals surface area contributed by atoms with Crippen LogP contribution in [0, 0.1) is 23.7 Å². The van der Waals surface area contributed by atoms with E-state index in [0.717, 1.165) is 6.42 Å². The number of nitrogens with zero attached hydrogens (tertiary/aromatic N) is 1. The normalized spacial score (nSPS) is 28.7. The van der Waals surface area contributed by atoms with Crippen LogP contribution in [0.25, 0.3) is 0 Å². The lowest BCUT2D eigenvalue weighted by molar-refractivity contribution is -0.123. The second-order valence-corrected chi connectivity index (χ2v) is 7.79. The first-order valence-corrected chi connectivity index (χ1v) is 9.44. The van der Waals surface area contributed by atoms with E-state index in [1.807, 2.05) is 0 Å². The largest absolute Gasteiger partial charge is 0.420 e. The average molecular weight is 365 g/mol. The molecular weight excluding hydrogens is 350 g/mol. The molecule has 1 aromatic heterocycles. The smallest absolute Gasteiger partial charge is 0.353 e. The standard InChI is InChI=1S/C20H15NO4S/c22-18-16-11-7-8-12(10-11)17(16)19(23)21(18)13-4-1-2-5-14(13)25-20(24)15-6-3-9-26-15/h1-9,11-12,16-17H,10H2/t11-,12+,16-,17-/m0/s1. The minimum absolute atomic E-state index is 0.146. The Kier molecular flexibility index (Phi) is 3.37. The van der Waals surface area contributed by atoms with Gasteiger partial charge >= 0.3 is 5.97 Å². The van der Waals surface area contributed by atoms with E-state index < -0.39 is 5.97 Å². The number of hydrogen-bond acceptors (Lipinski definition) is 5. The molecule has 2 aromatic rings. The zero-order valence-electron chi connectivity index (χ0n) is 13.7. The lowest BCUT2D eigenvalue weighted by atomic mass is 9.85. The number of benzene rings is 1. The van der Waals surface area contributed by atoms with E-state index in [9.17, 15) is 14.4 Å². The van der Waals surface area contributed by atoms with E-state index >= 15 is 0 Å². The van der Waals surface area contributed by atoms with Crippen LogP contribution >= 0.6 is 11.3 Å². The van der Waals surface area contributed by atoms with Gasteiger partial charge in [-0.25, -0.2) is 9.69 Å². The number of hydrogen-bond donors (Lipinski definition) is 0. The molecule has 0 spiro atoms. The molecule has 2 bridgehead atoms. The molecule has 130 valence electrons. The van der Waals surface area contributed by atoms with E-state index in [4.69, 9.17) is 4.74 Å². The molecule has 1 aliphatic heterocycles. The third-order valence-corrected chi connectivity index (χ3v) is 6.35. The highest BCUT2D eigenvalue weighted by atomic mass is 32.1. The van der Waals surface area contributed by atoms with E-state index in [-0.39, 0.29) is 41.2 Å². The Morgan fingerprint density at radius 3 is 2.35 bits per heavy atom. The van der Waals surface area contributed by atoms with Gasteiger partial charge in [-0.1, -0.05) is 30.4 Å². The van der Waals surface area contributed by atoms with Gasteiger partial charge in [0.2, 0.25) is 11.8 Å². The molecule has 2 amide bonds. The Labute approximate surface area is 153 Å². The van der Waals surface area contributed by atoms with E-state index in [1.54, 1.807) is 41.8 Å². The summed E-state index contributed by atoms with van der Waals surface area (Å²) in [7, 11) is 0. The van der Waals surface area contributed by atoms with Crippen molar-refractivity contribution >= 4 is 34.8 Å². The fraction of sp³-hybridized carbons (Fsp3) is 0.250. The van der Waals surface area contributed by atoms with E-state index in [0.29, 0.717) is 10.6 Å². The second-order valence-electron chi connectivity index (χ2n) is 6.85. The van der Waals surface area contributed by atoms with Gasteiger partial charge in [0.15, 0.2) is 5.75 Å². The summed E-state index contributed by atoms with van der Waals surface area (Å²) in [5.41, 5.74) is 0.348. The molecule has 2 heterocycles. The Bertz CT molecular complexity index is 918. The zero-order chi connectivity index (χ0) is 17.8. The molecule has 1 aromatic carbocycles. The first-order valence-electron chi connectivity index (χ1n) is 8.56. The molecule has 2 fully saturated rings. The lowest BCUT2D eigenvalue weighted by Crippen LogP contribution is -2.33. The number of fused-ring (bicyclic) bond motifs is 5. The maximum Gasteiger partial charge on any atom is 0.353 e. The highest BCUT2D eigenvalue weighted by Crippen LogP contribution is 2.53. The first kappa shape index (κ1) is 15.5. The van der Waals surface area contributed by atoms with Crippen LogP contribution in [-0.4, -0.2) is 17.8 Å². The van der Waals surface area contributed by atoms with Crippen LogP contribution in [0.15, 0.2) is 53.9 Å². The maximum atomic E-state index is 13.0. The van der Waals surface area contributed by atoms with Crippen LogP contribution in [-0.2, 0) is 9.59 Å². The molecule has 0 N–H and O–H groups in total. The van der Waals surface area contributed by atoms with Crippen LogP contribution in [0.4, 0.5) is 5.69 Å². The van der Waals surface area contributed by atoms with Crippen molar-refractivity contribution in [2.24, 2.45) is 23.7 Å². The number of esters is 1. The molecule has 4 atom stereocenters. The fourth-order valence-electron chi connectivity index (χ4n) is 4.41.